The largest absolute Gasteiger partial charge is 0.373 e. The summed E-state index contributed by atoms with van der Waals surface area (Å²) in [5.41, 5.74) is 1.07. The van der Waals surface area contributed by atoms with Crippen molar-refractivity contribution in [1.82, 2.24) is 10.2 Å². The minimum absolute atomic E-state index is 0. The zero-order chi connectivity index (χ0) is 20.5. The maximum Gasteiger partial charge on any atom is 0.373 e. The second kappa shape index (κ2) is 12.7. The van der Waals surface area contributed by atoms with Gasteiger partial charge in [-0.15, -0.1) is 11.8 Å². The topological polar surface area (TPSA) is 83.6 Å². The molecule has 0 saturated carbocycles. The normalized spacial score (nSPS) is 24.4. The molecule has 2 aliphatic heterocycles. The number of carbonyl (C=O) groups excluding carboxylic acids is 4. The predicted octanol–water partition coefficient (Wildman–Crippen LogP) is 2.93. The fourth-order valence-corrected chi connectivity index (χ4v) is 5.36. The summed E-state index contributed by atoms with van der Waals surface area (Å²) in [5, 5.41) is 2.79. The third-order valence-corrected chi connectivity index (χ3v) is 6.75. The van der Waals surface area contributed by atoms with Crippen LogP contribution >= 0.6 is 24.4 Å². The summed E-state index contributed by atoms with van der Waals surface area (Å²) in [6, 6.07) is 9.68. The first-order valence-electron chi connectivity index (χ1n) is 9.43. The van der Waals surface area contributed by atoms with Crippen LogP contribution in [0.4, 0.5) is 0 Å². The van der Waals surface area contributed by atoms with Crippen molar-refractivity contribution in [1.29, 1.82) is 0 Å². The van der Waals surface area contributed by atoms with E-state index in [0.29, 0.717) is 12.8 Å². The van der Waals surface area contributed by atoms with Gasteiger partial charge >= 0.3 is 6.15 Å². The van der Waals surface area contributed by atoms with E-state index in [1.54, 1.807) is 0 Å². The summed E-state index contributed by atoms with van der Waals surface area (Å²) >= 11 is 6.31. The van der Waals surface area contributed by atoms with E-state index in [0.717, 1.165) is 24.2 Å². The molecule has 4 atom stereocenters. The van der Waals surface area contributed by atoms with Gasteiger partial charge in [-0.2, -0.15) is 22.2 Å². The Morgan fingerprint density at radius 3 is 2.59 bits per heavy atom. The zero-order valence-electron chi connectivity index (χ0n) is 15.9. The molecule has 1 unspecified atom stereocenters. The summed E-state index contributed by atoms with van der Waals surface area (Å²) in [6.45, 7) is 2.12. The number of benzene rings is 1. The Kier molecular flexibility index (Phi) is 11.1. The van der Waals surface area contributed by atoms with Gasteiger partial charge in [0.05, 0.1) is 10.6 Å². The number of nitrogens with zero attached hydrogens (tertiary/aromatic N) is 1. The molecule has 2 amide bonds. The lowest BCUT2D eigenvalue weighted by atomic mass is 10.0. The number of hydrogen-bond donors (Lipinski definition) is 2. The smallest absolute Gasteiger partial charge is 0.343 e. The highest BCUT2D eigenvalue weighted by atomic mass is 32.2. The molecule has 0 radical (unpaired) electrons. The molecule has 8 heteroatoms. The van der Waals surface area contributed by atoms with E-state index in [1.165, 1.54) is 6.42 Å². The molecule has 2 fully saturated rings. The maximum absolute atomic E-state index is 13.0. The van der Waals surface area contributed by atoms with Crippen LogP contribution in [-0.2, 0) is 25.6 Å². The molecule has 1 aromatic rings. The van der Waals surface area contributed by atoms with Crippen molar-refractivity contribution in [3.8, 4) is 0 Å². The number of hydrogen-bond acceptors (Lipinski definition) is 6. The van der Waals surface area contributed by atoms with Gasteiger partial charge in [-0.05, 0) is 50.3 Å². The predicted molar refractivity (Wildman–Crippen MR) is 118 cm³/mol. The summed E-state index contributed by atoms with van der Waals surface area (Å²) in [7, 11) is 0. The molecule has 2 heterocycles. The molecule has 0 aliphatic carbocycles. The Bertz CT molecular complexity index is 695. The van der Waals surface area contributed by atoms with E-state index in [-0.39, 0.29) is 36.8 Å². The highest BCUT2D eigenvalue weighted by molar-refractivity contribution is 7.99. The number of rotatable bonds is 4. The van der Waals surface area contributed by atoms with E-state index < -0.39 is 11.3 Å². The summed E-state index contributed by atoms with van der Waals surface area (Å²) in [5.74, 6) is 0.829. The molecule has 160 valence electrons. The van der Waals surface area contributed by atoms with Gasteiger partial charge in [-0.25, -0.2) is 0 Å². The lowest BCUT2D eigenvalue weighted by molar-refractivity contribution is -0.191. The second-order valence-corrected chi connectivity index (χ2v) is 8.90. The molecule has 2 saturated heterocycles. The van der Waals surface area contributed by atoms with Gasteiger partial charge in [0, 0.05) is 6.04 Å². The summed E-state index contributed by atoms with van der Waals surface area (Å²) < 4.78 is 0. The molecule has 3 rings (SSSR count). The third kappa shape index (κ3) is 7.21. The molecule has 0 bridgehead atoms. The maximum atomic E-state index is 13.0. The Morgan fingerprint density at radius 1 is 1.28 bits per heavy atom. The molecular weight excluding hydrogens is 408 g/mol. The van der Waals surface area contributed by atoms with Crippen LogP contribution in [0.25, 0.3) is 0 Å². The van der Waals surface area contributed by atoms with Crippen molar-refractivity contribution in [2.75, 3.05) is 5.75 Å². The molecule has 0 aromatic heterocycles. The number of fused-ring (bicyclic) bond motifs is 1. The average Bonchev–Trinajstić information content (AvgIpc) is 2.83. The van der Waals surface area contributed by atoms with E-state index >= 15 is 0 Å². The first-order valence-corrected chi connectivity index (χ1v) is 11.0. The van der Waals surface area contributed by atoms with E-state index in [9.17, 15) is 9.59 Å². The Hall–Kier alpha value is -1.76. The first kappa shape index (κ1) is 25.3. The number of thiol groups is 1. The van der Waals surface area contributed by atoms with Crippen LogP contribution in [0.3, 0.4) is 0 Å². The van der Waals surface area contributed by atoms with E-state index in [2.05, 4.69) is 24.9 Å². The van der Waals surface area contributed by atoms with Gasteiger partial charge in [0.15, 0.2) is 0 Å². The van der Waals surface area contributed by atoms with Crippen LogP contribution in [0.2, 0.25) is 0 Å². The number of piperidine rings is 1. The third-order valence-electron chi connectivity index (χ3n) is 5.02. The van der Waals surface area contributed by atoms with Crippen molar-refractivity contribution < 1.29 is 19.2 Å². The summed E-state index contributed by atoms with van der Waals surface area (Å²) in [6.07, 6.45) is 4.79. The molecule has 1 N–H and O–H groups in total. The highest BCUT2D eigenvalue weighted by Gasteiger charge is 2.38. The second-order valence-electron chi connectivity index (χ2n) is 6.99. The molecule has 2 aliphatic rings. The summed E-state index contributed by atoms with van der Waals surface area (Å²) in [4.78, 5) is 43.8. The van der Waals surface area contributed by atoms with Crippen LogP contribution in [0.15, 0.2) is 30.3 Å². The Balaban J connectivity index is 0.000000990. The van der Waals surface area contributed by atoms with E-state index in [1.807, 2.05) is 47.0 Å². The monoisotopic (exact) mass is 438 g/mol. The minimum Gasteiger partial charge on any atom is -0.343 e. The van der Waals surface area contributed by atoms with Crippen molar-refractivity contribution >= 4 is 42.4 Å². The average molecular weight is 439 g/mol. The standard InChI is InChI=1S/C19H26N2O2S2.CO2.CH4/c1-13-6-5-9-17-21(13)19(23)15(10-11-25-17)20-18(22)16(24)12-14-7-3-2-4-8-14;2-1-3;/h2-4,7-8,13,15-17,24H,5-6,9-12H2,1H3,(H,20,22);;1H4/t13?,15-,16-,17-;;/m0../s1. The van der Waals surface area contributed by atoms with Gasteiger partial charge in [-0.1, -0.05) is 37.8 Å². The number of thioether (sulfide) groups is 1. The lowest BCUT2D eigenvalue weighted by Crippen LogP contribution is -2.55. The first-order chi connectivity index (χ1) is 13.5. The Morgan fingerprint density at radius 2 is 1.93 bits per heavy atom. The van der Waals surface area contributed by atoms with Gasteiger partial charge in [-0.3, -0.25) is 9.59 Å². The van der Waals surface area contributed by atoms with Crippen LogP contribution in [0.1, 0.15) is 45.6 Å². The van der Waals surface area contributed by atoms with Crippen molar-refractivity contribution in [3.63, 3.8) is 0 Å². The fraction of sp³-hybridized carbons (Fsp3) is 0.571. The quantitative estimate of drug-likeness (QED) is 0.706. The number of nitrogens with one attached hydrogen (secondary N) is 1. The Labute approximate surface area is 182 Å². The van der Waals surface area contributed by atoms with Gasteiger partial charge < -0.3 is 10.2 Å². The van der Waals surface area contributed by atoms with Crippen molar-refractivity contribution in [2.24, 2.45) is 0 Å². The molecule has 1 aromatic carbocycles. The van der Waals surface area contributed by atoms with Crippen LogP contribution in [-0.4, -0.2) is 51.3 Å². The van der Waals surface area contributed by atoms with Gasteiger partial charge in [0.1, 0.15) is 6.04 Å². The SMILES string of the molecule is C.CC1CCC[C@@H]2SCC[C@H](NC(=O)[C@@H](S)Cc3ccccc3)C(=O)N12.O=C=O. The lowest BCUT2D eigenvalue weighted by Gasteiger charge is -2.40. The van der Waals surface area contributed by atoms with Gasteiger partial charge in [0.25, 0.3) is 0 Å². The fourth-order valence-electron chi connectivity index (χ4n) is 3.63. The number of amides is 2. The van der Waals surface area contributed by atoms with Crippen LogP contribution in [0, 0.1) is 0 Å². The van der Waals surface area contributed by atoms with Crippen molar-refractivity contribution in [3.05, 3.63) is 35.9 Å². The van der Waals surface area contributed by atoms with Crippen molar-refractivity contribution in [2.45, 2.75) is 69.2 Å². The van der Waals surface area contributed by atoms with Crippen LogP contribution < -0.4 is 5.32 Å². The molecule has 0 spiro atoms. The zero-order valence-corrected chi connectivity index (χ0v) is 17.6. The highest BCUT2D eigenvalue weighted by Crippen LogP contribution is 2.34. The minimum atomic E-state index is -0.444. The van der Waals surface area contributed by atoms with Crippen LogP contribution in [0.5, 0.6) is 0 Å². The molecule has 29 heavy (non-hydrogen) atoms. The molecule has 6 nitrogen and oxygen atoms in total. The molecular formula is C21H30N2O4S2. The number of carbonyl (C=O) groups is 2. The van der Waals surface area contributed by atoms with Gasteiger partial charge in [0.2, 0.25) is 11.8 Å². The van der Waals surface area contributed by atoms with E-state index in [4.69, 9.17) is 9.59 Å².